The predicted molar refractivity (Wildman–Crippen MR) is 41.4 cm³/mol. The minimum absolute atomic E-state index is 0.681. The van der Waals surface area contributed by atoms with E-state index in [-0.39, 0.29) is 0 Å². The molecule has 0 aromatic carbocycles. The van der Waals surface area contributed by atoms with Crippen molar-refractivity contribution >= 4 is 0 Å². The highest BCUT2D eigenvalue weighted by atomic mass is 15.1. The van der Waals surface area contributed by atoms with Crippen LogP contribution in [0.4, 0.5) is 0 Å². The zero-order valence-electron chi connectivity index (χ0n) is 6.72. The van der Waals surface area contributed by atoms with E-state index in [0.717, 1.165) is 13.1 Å². The third-order valence-electron chi connectivity index (χ3n) is 1.53. The predicted octanol–water partition coefficient (Wildman–Crippen LogP) is 0.533. The van der Waals surface area contributed by atoms with Crippen LogP contribution < -0.4 is 5.73 Å². The highest BCUT2D eigenvalue weighted by molar-refractivity contribution is 4.59. The molecule has 0 spiro atoms. The Balaban J connectivity index is 3.31. The highest BCUT2D eigenvalue weighted by Crippen LogP contribution is 1.99. The van der Waals surface area contributed by atoms with Crippen molar-refractivity contribution < 1.29 is 0 Å². The molecular formula is C7H18N2. The molecule has 0 bridgehead atoms. The van der Waals surface area contributed by atoms with Gasteiger partial charge in [-0.2, -0.15) is 0 Å². The van der Waals surface area contributed by atoms with E-state index in [1.165, 1.54) is 6.42 Å². The molecule has 0 fully saturated rings. The summed E-state index contributed by atoms with van der Waals surface area (Å²) < 4.78 is 0. The van der Waals surface area contributed by atoms with E-state index in [2.05, 4.69) is 25.9 Å². The highest BCUT2D eigenvalue weighted by Gasteiger charge is 2.02. The summed E-state index contributed by atoms with van der Waals surface area (Å²) in [7, 11) is 4.16. The van der Waals surface area contributed by atoms with E-state index in [4.69, 9.17) is 5.73 Å². The van der Waals surface area contributed by atoms with Gasteiger partial charge in [0.1, 0.15) is 0 Å². The molecule has 9 heavy (non-hydrogen) atoms. The van der Waals surface area contributed by atoms with Gasteiger partial charge in [-0.3, -0.25) is 0 Å². The maximum atomic E-state index is 5.50. The molecule has 0 aliphatic rings. The van der Waals surface area contributed by atoms with E-state index in [0.29, 0.717) is 5.92 Å². The minimum Gasteiger partial charge on any atom is -0.330 e. The lowest BCUT2D eigenvalue weighted by Crippen LogP contribution is -2.26. The van der Waals surface area contributed by atoms with Gasteiger partial charge in [0.05, 0.1) is 0 Å². The van der Waals surface area contributed by atoms with Crippen LogP contribution in [0.3, 0.4) is 0 Å². The van der Waals surface area contributed by atoms with E-state index in [1.807, 2.05) is 0 Å². The summed E-state index contributed by atoms with van der Waals surface area (Å²) in [6, 6.07) is 0. The van der Waals surface area contributed by atoms with Crippen molar-refractivity contribution in [3.05, 3.63) is 0 Å². The van der Waals surface area contributed by atoms with Crippen LogP contribution in [0.1, 0.15) is 13.3 Å². The van der Waals surface area contributed by atoms with Crippen LogP contribution in [0.2, 0.25) is 0 Å². The normalized spacial score (nSPS) is 14.3. The number of nitrogens with two attached hydrogens (primary N) is 1. The molecule has 2 nitrogen and oxygen atoms in total. The summed E-state index contributed by atoms with van der Waals surface area (Å²) in [6.45, 7) is 4.11. The Morgan fingerprint density at radius 1 is 1.44 bits per heavy atom. The van der Waals surface area contributed by atoms with Crippen LogP contribution in [-0.2, 0) is 0 Å². The summed E-state index contributed by atoms with van der Waals surface area (Å²) in [6.07, 6.45) is 1.19. The zero-order valence-corrected chi connectivity index (χ0v) is 6.72. The molecule has 0 amide bonds. The van der Waals surface area contributed by atoms with E-state index in [1.54, 1.807) is 0 Å². The first kappa shape index (κ1) is 8.92. The Morgan fingerprint density at radius 3 is 2.11 bits per heavy atom. The van der Waals surface area contributed by atoms with Crippen molar-refractivity contribution in [3.63, 3.8) is 0 Å². The van der Waals surface area contributed by atoms with Crippen molar-refractivity contribution in [2.75, 3.05) is 27.2 Å². The number of hydrogen-bond donors (Lipinski definition) is 1. The molecule has 0 aromatic rings. The first-order valence-electron chi connectivity index (χ1n) is 3.55. The Bertz CT molecular complexity index is 57.9. The molecule has 56 valence electrons. The van der Waals surface area contributed by atoms with Crippen LogP contribution in [-0.4, -0.2) is 32.1 Å². The van der Waals surface area contributed by atoms with Crippen LogP contribution in [0.15, 0.2) is 0 Å². The second-order valence-electron chi connectivity index (χ2n) is 2.77. The van der Waals surface area contributed by atoms with Crippen LogP contribution in [0, 0.1) is 5.92 Å². The summed E-state index contributed by atoms with van der Waals surface area (Å²) in [5.74, 6) is 0.681. The van der Waals surface area contributed by atoms with Gasteiger partial charge >= 0.3 is 0 Å². The van der Waals surface area contributed by atoms with Gasteiger partial charge in [0, 0.05) is 6.54 Å². The van der Waals surface area contributed by atoms with Crippen molar-refractivity contribution in [2.24, 2.45) is 11.7 Å². The molecule has 0 rings (SSSR count). The second-order valence-corrected chi connectivity index (χ2v) is 2.77. The molecule has 0 aromatic heterocycles. The standard InChI is InChI=1S/C7H18N2/c1-4-7(5-8)6-9(2)3/h7H,4-6,8H2,1-3H3. The van der Waals surface area contributed by atoms with Crippen LogP contribution >= 0.6 is 0 Å². The molecule has 0 aliphatic carbocycles. The SMILES string of the molecule is CCC(CN)CN(C)C. The lowest BCUT2D eigenvalue weighted by atomic mass is 10.1. The van der Waals surface area contributed by atoms with E-state index >= 15 is 0 Å². The maximum Gasteiger partial charge on any atom is 0.00155 e. The Morgan fingerprint density at radius 2 is 2.00 bits per heavy atom. The largest absolute Gasteiger partial charge is 0.330 e. The fourth-order valence-electron chi connectivity index (χ4n) is 0.887. The van der Waals surface area contributed by atoms with Gasteiger partial charge in [0.25, 0.3) is 0 Å². The zero-order chi connectivity index (χ0) is 7.28. The number of nitrogens with zero attached hydrogens (tertiary/aromatic N) is 1. The molecule has 0 aliphatic heterocycles. The monoisotopic (exact) mass is 130 g/mol. The molecule has 0 saturated carbocycles. The number of rotatable bonds is 4. The summed E-state index contributed by atoms with van der Waals surface area (Å²) in [4.78, 5) is 2.18. The Labute approximate surface area is 58.0 Å². The summed E-state index contributed by atoms with van der Waals surface area (Å²) in [5.41, 5.74) is 5.50. The fraction of sp³-hybridized carbons (Fsp3) is 1.00. The van der Waals surface area contributed by atoms with Crippen molar-refractivity contribution in [1.82, 2.24) is 4.90 Å². The second kappa shape index (κ2) is 4.77. The average molecular weight is 130 g/mol. The van der Waals surface area contributed by atoms with Gasteiger partial charge in [0.2, 0.25) is 0 Å². The molecule has 2 heteroatoms. The molecule has 1 unspecified atom stereocenters. The van der Waals surface area contributed by atoms with Gasteiger partial charge in [-0.1, -0.05) is 13.3 Å². The first-order valence-corrected chi connectivity index (χ1v) is 3.55. The first-order chi connectivity index (χ1) is 4.20. The number of hydrogen-bond acceptors (Lipinski definition) is 2. The maximum absolute atomic E-state index is 5.50. The van der Waals surface area contributed by atoms with Crippen molar-refractivity contribution in [3.8, 4) is 0 Å². The summed E-state index contributed by atoms with van der Waals surface area (Å²) >= 11 is 0. The van der Waals surface area contributed by atoms with Gasteiger partial charge < -0.3 is 10.6 Å². The van der Waals surface area contributed by atoms with Gasteiger partial charge in [-0.05, 0) is 26.6 Å². The molecule has 0 heterocycles. The van der Waals surface area contributed by atoms with Gasteiger partial charge in [0.15, 0.2) is 0 Å². The van der Waals surface area contributed by atoms with E-state index < -0.39 is 0 Å². The quantitative estimate of drug-likeness (QED) is 0.601. The third-order valence-corrected chi connectivity index (χ3v) is 1.53. The van der Waals surface area contributed by atoms with E-state index in [9.17, 15) is 0 Å². The van der Waals surface area contributed by atoms with Crippen LogP contribution in [0.5, 0.6) is 0 Å². The average Bonchev–Trinajstić information content (AvgIpc) is 1.82. The minimum atomic E-state index is 0.681. The Hall–Kier alpha value is -0.0800. The molecule has 0 saturated heterocycles. The van der Waals surface area contributed by atoms with Crippen molar-refractivity contribution in [2.45, 2.75) is 13.3 Å². The smallest absolute Gasteiger partial charge is 0.00155 e. The lowest BCUT2D eigenvalue weighted by molar-refractivity contribution is 0.323. The van der Waals surface area contributed by atoms with Crippen molar-refractivity contribution in [1.29, 1.82) is 0 Å². The summed E-state index contributed by atoms with van der Waals surface area (Å²) in [5, 5.41) is 0. The molecular weight excluding hydrogens is 112 g/mol. The molecule has 0 radical (unpaired) electrons. The molecule has 1 atom stereocenters. The lowest BCUT2D eigenvalue weighted by Gasteiger charge is -2.16. The Kier molecular flexibility index (Phi) is 4.72. The van der Waals surface area contributed by atoms with Gasteiger partial charge in [-0.25, -0.2) is 0 Å². The van der Waals surface area contributed by atoms with Gasteiger partial charge in [-0.15, -0.1) is 0 Å². The fourth-order valence-corrected chi connectivity index (χ4v) is 0.887. The van der Waals surface area contributed by atoms with Crippen LogP contribution in [0.25, 0.3) is 0 Å². The topological polar surface area (TPSA) is 29.3 Å². The molecule has 2 N–H and O–H groups in total. The third kappa shape index (κ3) is 4.43.